The standard InChI is InChI=1S/C16H22N2O2/c1-11(12-4-3-7-17-10-12)8-16-18-14-6-5-13(19-2)9-15(14)20-16/h5-6,9,11-12,17H,3-4,7-8,10H2,1-2H3. The zero-order valence-corrected chi connectivity index (χ0v) is 12.2. The summed E-state index contributed by atoms with van der Waals surface area (Å²) < 4.78 is 11.1. The van der Waals surface area contributed by atoms with E-state index in [1.807, 2.05) is 18.2 Å². The quantitative estimate of drug-likeness (QED) is 0.931. The van der Waals surface area contributed by atoms with Crippen LogP contribution in [-0.4, -0.2) is 25.2 Å². The lowest BCUT2D eigenvalue weighted by atomic mass is 9.85. The second kappa shape index (κ2) is 5.83. The highest BCUT2D eigenvalue weighted by molar-refractivity contribution is 5.74. The Kier molecular flexibility index (Phi) is 3.92. The highest BCUT2D eigenvalue weighted by Gasteiger charge is 2.21. The van der Waals surface area contributed by atoms with Gasteiger partial charge in [-0.25, -0.2) is 4.98 Å². The van der Waals surface area contributed by atoms with Gasteiger partial charge in [-0.05, 0) is 49.9 Å². The van der Waals surface area contributed by atoms with E-state index in [-0.39, 0.29) is 0 Å². The molecule has 1 N–H and O–H groups in total. The Hall–Kier alpha value is -1.55. The molecule has 1 saturated heterocycles. The Balaban J connectivity index is 1.73. The van der Waals surface area contributed by atoms with Crippen LogP contribution >= 0.6 is 0 Å². The van der Waals surface area contributed by atoms with Crippen molar-refractivity contribution in [2.45, 2.75) is 26.2 Å². The van der Waals surface area contributed by atoms with E-state index in [0.717, 1.165) is 48.2 Å². The van der Waals surface area contributed by atoms with Crippen molar-refractivity contribution in [2.75, 3.05) is 20.2 Å². The van der Waals surface area contributed by atoms with Crippen molar-refractivity contribution in [3.8, 4) is 5.75 Å². The van der Waals surface area contributed by atoms with Gasteiger partial charge in [0.05, 0.1) is 7.11 Å². The molecule has 2 aromatic rings. The van der Waals surface area contributed by atoms with Crippen LogP contribution in [0, 0.1) is 11.8 Å². The Morgan fingerprint density at radius 3 is 3.15 bits per heavy atom. The van der Waals surface area contributed by atoms with Gasteiger partial charge in [-0.2, -0.15) is 0 Å². The first kappa shape index (κ1) is 13.4. The molecule has 4 nitrogen and oxygen atoms in total. The summed E-state index contributed by atoms with van der Waals surface area (Å²) in [5.74, 6) is 2.97. The van der Waals surface area contributed by atoms with Gasteiger partial charge < -0.3 is 14.5 Å². The number of aromatic nitrogens is 1. The van der Waals surface area contributed by atoms with Gasteiger partial charge in [-0.1, -0.05) is 6.92 Å². The van der Waals surface area contributed by atoms with Crippen LogP contribution in [0.5, 0.6) is 5.75 Å². The summed E-state index contributed by atoms with van der Waals surface area (Å²) in [6.07, 6.45) is 3.49. The van der Waals surface area contributed by atoms with Crippen molar-refractivity contribution in [3.05, 3.63) is 24.1 Å². The number of methoxy groups -OCH3 is 1. The molecule has 1 aromatic heterocycles. The highest BCUT2D eigenvalue weighted by atomic mass is 16.5. The molecular formula is C16H22N2O2. The Morgan fingerprint density at radius 2 is 2.40 bits per heavy atom. The highest BCUT2D eigenvalue weighted by Crippen LogP contribution is 2.26. The number of oxazole rings is 1. The minimum absolute atomic E-state index is 0.595. The lowest BCUT2D eigenvalue weighted by Gasteiger charge is -2.27. The van der Waals surface area contributed by atoms with Crippen molar-refractivity contribution in [1.82, 2.24) is 10.3 Å². The number of rotatable bonds is 4. The van der Waals surface area contributed by atoms with Gasteiger partial charge in [-0.3, -0.25) is 0 Å². The average Bonchev–Trinajstić information content (AvgIpc) is 2.89. The topological polar surface area (TPSA) is 47.3 Å². The molecule has 2 unspecified atom stereocenters. The Morgan fingerprint density at radius 1 is 1.50 bits per heavy atom. The zero-order valence-electron chi connectivity index (χ0n) is 12.2. The van der Waals surface area contributed by atoms with Crippen LogP contribution in [0.1, 0.15) is 25.7 Å². The third kappa shape index (κ3) is 2.80. The van der Waals surface area contributed by atoms with Gasteiger partial charge in [0.2, 0.25) is 0 Å². The van der Waals surface area contributed by atoms with Crippen molar-refractivity contribution < 1.29 is 9.15 Å². The van der Waals surface area contributed by atoms with E-state index >= 15 is 0 Å². The molecule has 2 atom stereocenters. The van der Waals surface area contributed by atoms with E-state index in [1.54, 1.807) is 7.11 Å². The summed E-state index contributed by atoms with van der Waals surface area (Å²) in [5, 5.41) is 3.48. The fourth-order valence-electron chi connectivity index (χ4n) is 2.97. The molecule has 0 spiro atoms. The third-order valence-electron chi connectivity index (χ3n) is 4.28. The molecule has 1 aromatic carbocycles. The van der Waals surface area contributed by atoms with Crippen LogP contribution in [0.2, 0.25) is 0 Å². The molecule has 0 amide bonds. The molecule has 0 radical (unpaired) electrons. The van der Waals surface area contributed by atoms with Gasteiger partial charge in [0.1, 0.15) is 11.3 Å². The number of benzene rings is 1. The summed E-state index contributed by atoms with van der Waals surface area (Å²) >= 11 is 0. The monoisotopic (exact) mass is 274 g/mol. The first-order valence-electron chi connectivity index (χ1n) is 7.40. The van der Waals surface area contributed by atoms with Crippen LogP contribution in [0.4, 0.5) is 0 Å². The van der Waals surface area contributed by atoms with E-state index < -0.39 is 0 Å². The molecule has 1 aliphatic rings. The molecule has 3 rings (SSSR count). The van der Waals surface area contributed by atoms with Crippen LogP contribution in [0.25, 0.3) is 11.1 Å². The molecule has 108 valence electrons. The Bertz CT molecular complexity index is 573. The molecule has 1 aliphatic heterocycles. The Labute approximate surface area is 119 Å². The average molecular weight is 274 g/mol. The molecule has 0 saturated carbocycles. The fraction of sp³-hybridized carbons (Fsp3) is 0.562. The van der Waals surface area contributed by atoms with Gasteiger partial charge in [0, 0.05) is 12.5 Å². The van der Waals surface area contributed by atoms with Crippen LogP contribution < -0.4 is 10.1 Å². The van der Waals surface area contributed by atoms with Crippen molar-refractivity contribution in [3.63, 3.8) is 0 Å². The second-order valence-corrected chi connectivity index (χ2v) is 5.73. The summed E-state index contributed by atoms with van der Waals surface area (Å²) in [6, 6.07) is 5.77. The van der Waals surface area contributed by atoms with Gasteiger partial charge >= 0.3 is 0 Å². The maximum atomic E-state index is 5.86. The van der Waals surface area contributed by atoms with E-state index in [9.17, 15) is 0 Å². The zero-order chi connectivity index (χ0) is 13.9. The number of hydrogen-bond acceptors (Lipinski definition) is 4. The van der Waals surface area contributed by atoms with Crippen LogP contribution in [-0.2, 0) is 6.42 Å². The smallest absolute Gasteiger partial charge is 0.195 e. The number of ether oxygens (including phenoxy) is 1. The second-order valence-electron chi connectivity index (χ2n) is 5.73. The summed E-state index contributed by atoms with van der Waals surface area (Å²) in [7, 11) is 1.66. The van der Waals surface area contributed by atoms with Gasteiger partial charge in [0.25, 0.3) is 0 Å². The van der Waals surface area contributed by atoms with Crippen LogP contribution in [0.15, 0.2) is 22.6 Å². The molecule has 20 heavy (non-hydrogen) atoms. The lowest BCUT2D eigenvalue weighted by molar-refractivity contribution is 0.267. The molecular weight excluding hydrogens is 252 g/mol. The molecule has 2 heterocycles. The molecule has 4 heteroatoms. The number of nitrogens with zero attached hydrogens (tertiary/aromatic N) is 1. The molecule has 1 fully saturated rings. The van der Waals surface area contributed by atoms with E-state index in [1.165, 1.54) is 12.8 Å². The van der Waals surface area contributed by atoms with Crippen molar-refractivity contribution in [2.24, 2.45) is 11.8 Å². The third-order valence-corrected chi connectivity index (χ3v) is 4.28. The van der Waals surface area contributed by atoms with Crippen molar-refractivity contribution in [1.29, 1.82) is 0 Å². The summed E-state index contributed by atoms with van der Waals surface area (Å²) in [5.41, 5.74) is 1.73. The van der Waals surface area contributed by atoms with E-state index in [0.29, 0.717) is 5.92 Å². The minimum Gasteiger partial charge on any atom is -0.497 e. The van der Waals surface area contributed by atoms with Crippen molar-refractivity contribution >= 4 is 11.1 Å². The predicted molar refractivity (Wildman–Crippen MR) is 79.0 cm³/mol. The molecule has 0 bridgehead atoms. The largest absolute Gasteiger partial charge is 0.497 e. The number of hydrogen-bond donors (Lipinski definition) is 1. The number of fused-ring (bicyclic) bond motifs is 1. The van der Waals surface area contributed by atoms with Gasteiger partial charge in [0.15, 0.2) is 11.5 Å². The first-order chi connectivity index (χ1) is 9.76. The number of nitrogens with one attached hydrogen (secondary N) is 1. The maximum Gasteiger partial charge on any atom is 0.195 e. The van der Waals surface area contributed by atoms with Crippen LogP contribution in [0.3, 0.4) is 0 Å². The lowest BCUT2D eigenvalue weighted by Crippen LogP contribution is -2.33. The normalized spacial score (nSPS) is 21.0. The first-order valence-corrected chi connectivity index (χ1v) is 7.40. The van der Waals surface area contributed by atoms with E-state index in [4.69, 9.17) is 9.15 Å². The fourth-order valence-corrected chi connectivity index (χ4v) is 2.97. The summed E-state index contributed by atoms with van der Waals surface area (Å²) in [6.45, 7) is 4.58. The summed E-state index contributed by atoms with van der Waals surface area (Å²) in [4.78, 5) is 4.58. The van der Waals surface area contributed by atoms with Gasteiger partial charge in [-0.15, -0.1) is 0 Å². The predicted octanol–water partition coefficient (Wildman–Crippen LogP) is 3.01. The maximum absolute atomic E-state index is 5.86. The minimum atomic E-state index is 0.595. The van der Waals surface area contributed by atoms with E-state index in [2.05, 4.69) is 17.2 Å². The molecule has 0 aliphatic carbocycles. The number of piperidine rings is 1. The SMILES string of the molecule is COc1ccc2nc(CC(C)C3CCCNC3)oc2c1.